The van der Waals surface area contributed by atoms with Crippen molar-refractivity contribution in [1.29, 1.82) is 0 Å². The van der Waals surface area contributed by atoms with Crippen LogP contribution in [0.2, 0.25) is 0 Å². The van der Waals surface area contributed by atoms with Crippen molar-refractivity contribution in [3.63, 3.8) is 0 Å². The molecule has 2 atom stereocenters. The van der Waals surface area contributed by atoms with Gasteiger partial charge in [-0.3, -0.25) is 9.59 Å². The molecule has 0 N–H and O–H groups in total. The summed E-state index contributed by atoms with van der Waals surface area (Å²) in [5, 5.41) is 2.51. The summed E-state index contributed by atoms with van der Waals surface area (Å²) in [4.78, 5) is 51.9. The van der Waals surface area contributed by atoms with Crippen LogP contribution in [-0.2, 0) is 25.5 Å². The Morgan fingerprint density at radius 2 is 1.77 bits per heavy atom. The van der Waals surface area contributed by atoms with Gasteiger partial charge in [0.15, 0.2) is 6.10 Å². The van der Waals surface area contributed by atoms with E-state index in [1.54, 1.807) is 20.8 Å². The predicted molar refractivity (Wildman–Crippen MR) is 106 cm³/mol. The molecular formula is C21H27N3O6. The Hall–Kier alpha value is -3.10. The molecule has 30 heavy (non-hydrogen) atoms. The minimum atomic E-state index is -1.12. The fourth-order valence-electron chi connectivity index (χ4n) is 3.47. The Morgan fingerprint density at radius 3 is 2.33 bits per heavy atom. The standard InChI is InChI=1S/C21H27N3O6/c1-14-17(25)24(20(28)29-14)16(13-15-9-6-5-7-10-15)18(26)22-11-8-12-23(22)19(27)30-21(2,3)4/h5-7,9-10,14,16H,8,11-13H2,1-4H3/t14-,16-/m1/s1. The van der Waals surface area contributed by atoms with Crippen LogP contribution in [-0.4, -0.2) is 69.8 Å². The van der Waals surface area contributed by atoms with Gasteiger partial charge in [0.2, 0.25) is 0 Å². The molecule has 1 aromatic rings. The van der Waals surface area contributed by atoms with E-state index < -0.39 is 41.7 Å². The van der Waals surface area contributed by atoms with Crippen molar-refractivity contribution in [3.05, 3.63) is 35.9 Å². The minimum absolute atomic E-state index is 0.117. The molecule has 2 heterocycles. The Morgan fingerprint density at radius 1 is 1.13 bits per heavy atom. The molecule has 0 radical (unpaired) electrons. The Labute approximate surface area is 175 Å². The molecule has 162 valence electrons. The van der Waals surface area contributed by atoms with Crippen LogP contribution in [0.3, 0.4) is 0 Å². The third-order valence-corrected chi connectivity index (χ3v) is 4.82. The van der Waals surface area contributed by atoms with Crippen molar-refractivity contribution in [2.24, 2.45) is 0 Å². The second-order valence-corrected chi connectivity index (χ2v) is 8.36. The number of hydrazine groups is 1. The molecule has 0 aliphatic carbocycles. The number of hydrogen-bond acceptors (Lipinski definition) is 6. The fraction of sp³-hybridized carbons (Fsp3) is 0.524. The maximum atomic E-state index is 13.5. The number of amides is 4. The summed E-state index contributed by atoms with van der Waals surface area (Å²) in [7, 11) is 0. The molecule has 2 saturated heterocycles. The molecule has 0 aromatic heterocycles. The first-order valence-electron chi connectivity index (χ1n) is 9.98. The quantitative estimate of drug-likeness (QED) is 0.746. The predicted octanol–water partition coefficient (Wildman–Crippen LogP) is 2.35. The molecule has 2 fully saturated rings. The Kier molecular flexibility index (Phi) is 6.00. The number of nitrogens with zero attached hydrogens (tertiary/aromatic N) is 3. The van der Waals surface area contributed by atoms with Gasteiger partial charge in [0.25, 0.3) is 11.8 Å². The third-order valence-electron chi connectivity index (χ3n) is 4.82. The Balaban J connectivity index is 1.88. The van der Waals surface area contributed by atoms with E-state index in [1.165, 1.54) is 16.9 Å². The SMILES string of the molecule is C[C@H]1OC(=O)N([C@H](Cc2ccccc2)C(=O)N2CCCN2C(=O)OC(C)(C)C)C1=O. The lowest BCUT2D eigenvalue weighted by molar-refractivity contribution is -0.151. The summed E-state index contributed by atoms with van der Waals surface area (Å²) in [5.41, 5.74) is 0.0566. The van der Waals surface area contributed by atoms with Crippen LogP contribution in [0.25, 0.3) is 0 Å². The van der Waals surface area contributed by atoms with Crippen LogP contribution in [0.1, 0.15) is 39.7 Å². The van der Waals surface area contributed by atoms with Gasteiger partial charge >= 0.3 is 12.2 Å². The highest BCUT2D eigenvalue weighted by Crippen LogP contribution is 2.24. The first kappa shape index (κ1) is 21.6. The van der Waals surface area contributed by atoms with E-state index in [2.05, 4.69) is 0 Å². The highest BCUT2D eigenvalue weighted by atomic mass is 16.6. The van der Waals surface area contributed by atoms with Crippen LogP contribution in [0, 0.1) is 0 Å². The van der Waals surface area contributed by atoms with Crippen molar-refractivity contribution in [2.45, 2.75) is 58.3 Å². The van der Waals surface area contributed by atoms with Crippen LogP contribution < -0.4 is 0 Å². The zero-order valence-corrected chi connectivity index (χ0v) is 17.7. The molecule has 9 heteroatoms. The maximum Gasteiger partial charge on any atom is 0.429 e. The molecule has 0 spiro atoms. The first-order chi connectivity index (χ1) is 14.1. The summed E-state index contributed by atoms with van der Waals surface area (Å²) in [6.07, 6.45) is -1.77. The van der Waals surface area contributed by atoms with Crippen LogP contribution in [0.5, 0.6) is 0 Å². The lowest BCUT2D eigenvalue weighted by Crippen LogP contribution is -2.56. The van der Waals surface area contributed by atoms with Crippen molar-refractivity contribution >= 4 is 24.0 Å². The topological polar surface area (TPSA) is 96.5 Å². The van der Waals surface area contributed by atoms with Gasteiger partial charge in [-0.2, -0.15) is 0 Å². The number of carbonyl (C=O) groups is 4. The van der Waals surface area contributed by atoms with Gasteiger partial charge < -0.3 is 9.47 Å². The monoisotopic (exact) mass is 417 g/mol. The fourth-order valence-corrected chi connectivity index (χ4v) is 3.47. The molecule has 2 aliphatic heterocycles. The van der Waals surface area contributed by atoms with Crippen LogP contribution in [0.4, 0.5) is 9.59 Å². The third kappa shape index (κ3) is 4.55. The van der Waals surface area contributed by atoms with Crippen molar-refractivity contribution in [2.75, 3.05) is 13.1 Å². The number of benzene rings is 1. The second-order valence-electron chi connectivity index (χ2n) is 8.36. The highest BCUT2D eigenvalue weighted by Gasteiger charge is 2.48. The van der Waals surface area contributed by atoms with Crippen LogP contribution >= 0.6 is 0 Å². The molecular weight excluding hydrogens is 390 g/mol. The summed E-state index contributed by atoms with van der Waals surface area (Å²) < 4.78 is 10.4. The zero-order valence-electron chi connectivity index (χ0n) is 17.7. The average molecular weight is 417 g/mol. The van der Waals surface area contributed by atoms with E-state index in [0.717, 1.165) is 10.5 Å². The average Bonchev–Trinajstić information content (AvgIpc) is 3.24. The lowest BCUT2D eigenvalue weighted by Gasteiger charge is -2.34. The molecule has 4 amide bonds. The van der Waals surface area contributed by atoms with Crippen molar-refractivity contribution in [3.8, 4) is 0 Å². The molecule has 1 aromatic carbocycles. The highest BCUT2D eigenvalue weighted by molar-refractivity contribution is 6.04. The summed E-state index contributed by atoms with van der Waals surface area (Å²) in [6, 6.07) is 7.96. The molecule has 2 aliphatic rings. The van der Waals surface area contributed by atoms with Crippen molar-refractivity contribution < 1.29 is 28.7 Å². The van der Waals surface area contributed by atoms with E-state index in [1.807, 2.05) is 30.3 Å². The summed E-state index contributed by atoms with van der Waals surface area (Å²) >= 11 is 0. The normalized spacial score (nSPS) is 20.4. The minimum Gasteiger partial charge on any atom is -0.442 e. The van der Waals surface area contributed by atoms with Crippen molar-refractivity contribution in [1.82, 2.24) is 14.9 Å². The first-order valence-corrected chi connectivity index (χ1v) is 9.98. The summed E-state index contributed by atoms with van der Waals surface area (Å²) in [5.74, 6) is -1.10. The molecule has 9 nitrogen and oxygen atoms in total. The number of cyclic esters (lactones) is 1. The molecule has 0 unspecified atom stereocenters. The smallest absolute Gasteiger partial charge is 0.429 e. The Bertz CT molecular complexity index is 835. The van der Waals surface area contributed by atoms with Gasteiger partial charge in [-0.1, -0.05) is 30.3 Å². The lowest BCUT2D eigenvalue weighted by atomic mass is 10.0. The number of imide groups is 1. The largest absolute Gasteiger partial charge is 0.442 e. The van der Waals surface area contributed by atoms with Gasteiger partial charge in [-0.25, -0.2) is 24.5 Å². The van der Waals surface area contributed by atoms with Gasteiger partial charge in [-0.05, 0) is 39.7 Å². The zero-order chi connectivity index (χ0) is 22.1. The number of carbonyl (C=O) groups excluding carboxylic acids is 4. The molecule has 0 saturated carbocycles. The van der Waals surface area contributed by atoms with E-state index in [-0.39, 0.29) is 13.0 Å². The van der Waals surface area contributed by atoms with Gasteiger partial charge in [0.1, 0.15) is 11.6 Å². The second kappa shape index (κ2) is 8.33. The van der Waals surface area contributed by atoms with E-state index in [0.29, 0.717) is 13.0 Å². The van der Waals surface area contributed by atoms with E-state index >= 15 is 0 Å². The van der Waals surface area contributed by atoms with E-state index in [4.69, 9.17) is 9.47 Å². The van der Waals surface area contributed by atoms with Gasteiger partial charge in [-0.15, -0.1) is 0 Å². The van der Waals surface area contributed by atoms with E-state index in [9.17, 15) is 19.2 Å². The van der Waals surface area contributed by atoms with Gasteiger partial charge in [0, 0.05) is 19.5 Å². The van der Waals surface area contributed by atoms with Gasteiger partial charge in [0.05, 0.1) is 0 Å². The summed E-state index contributed by atoms with van der Waals surface area (Å²) in [6.45, 7) is 7.29. The number of ether oxygens (including phenoxy) is 2. The van der Waals surface area contributed by atoms with Crippen LogP contribution in [0.15, 0.2) is 30.3 Å². The number of hydrogen-bond donors (Lipinski definition) is 0. The maximum absolute atomic E-state index is 13.5. The number of rotatable bonds is 4. The molecule has 3 rings (SSSR count). The molecule has 0 bridgehead atoms.